The van der Waals surface area contributed by atoms with E-state index in [0.717, 1.165) is 0 Å². The standard InChI is InChI=1S/C10H13N5O3S/c1-17-9(16)7-2-5-18-8(7)6-19-10-12-13-14-15(10)4-3-11/h2,5H,3-4,6,11H2,1H3. The van der Waals surface area contributed by atoms with Gasteiger partial charge in [0, 0.05) is 6.54 Å². The van der Waals surface area contributed by atoms with Gasteiger partial charge in [-0.2, -0.15) is 0 Å². The molecule has 2 rings (SSSR count). The average Bonchev–Trinajstić information content (AvgIpc) is 3.04. The number of hydrogen-bond donors (Lipinski definition) is 1. The maximum absolute atomic E-state index is 11.5. The van der Waals surface area contributed by atoms with Gasteiger partial charge in [-0.3, -0.25) is 0 Å². The van der Waals surface area contributed by atoms with Gasteiger partial charge in [0.1, 0.15) is 11.3 Å². The van der Waals surface area contributed by atoms with Crippen LogP contribution >= 0.6 is 11.8 Å². The largest absolute Gasteiger partial charge is 0.468 e. The molecule has 2 N–H and O–H groups in total. The highest BCUT2D eigenvalue weighted by Crippen LogP contribution is 2.23. The topological polar surface area (TPSA) is 109 Å². The Morgan fingerprint density at radius 3 is 3.21 bits per heavy atom. The number of methoxy groups -OCH3 is 1. The maximum Gasteiger partial charge on any atom is 0.341 e. The Morgan fingerprint density at radius 1 is 1.63 bits per heavy atom. The van der Waals surface area contributed by atoms with Crippen molar-refractivity contribution in [3.8, 4) is 0 Å². The molecule has 0 amide bonds. The molecule has 0 aliphatic carbocycles. The summed E-state index contributed by atoms with van der Waals surface area (Å²) < 4.78 is 11.5. The van der Waals surface area contributed by atoms with Crippen molar-refractivity contribution in [3.63, 3.8) is 0 Å². The molecule has 8 nitrogen and oxygen atoms in total. The number of furan rings is 1. The van der Waals surface area contributed by atoms with Crippen molar-refractivity contribution in [2.24, 2.45) is 5.73 Å². The van der Waals surface area contributed by atoms with Crippen LogP contribution in [-0.4, -0.2) is 39.8 Å². The van der Waals surface area contributed by atoms with E-state index in [2.05, 4.69) is 20.3 Å². The van der Waals surface area contributed by atoms with Gasteiger partial charge in [-0.1, -0.05) is 11.8 Å². The van der Waals surface area contributed by atoms with Gasteiger partial charge >= 0.3 is 5.97 Å². The first-order valence-corrected chi connectivity index (χ1v) is 6.48. The molecular weight excluding hydrogens is 270 g/mol. The van der Waals surface area contributed by atoms with Crippen molar-refractivity contribution in [2.45, 2.75) is 17.5 Å². The molecule has 0 aliphatic heterocycles. The van der Waals surface area contributed by atoms with E-state index in [-0.39, 0.29) is 0 Å². The highest BCUT2D eigenvalue weighted by molar-refractivity contribution is 7.98. The van der Waals surface area contributed by atoms with Gasteiger partial charge in [0.15, 0.2) is 0 Å². The molecule has 0 unspecified atom stereocenters. The molecule has 0 atom stereocenters. The molecule has 0 bridgehead atoms. The Kier molecular flexibility index (Phi) is 4.53. The van der Waals surface area contributed by atoms with Gasteiger partial charge < -0.3 is 14.9 Å². The first-order valence-electron chi connectivity index (χ1n) is 5.50. The third-order valence-electron chi connectivity index (χ3n) is 2.32. The monoisotopic (exact) mass is 283 g/mol. The first-order chi connectivity index (χ1) is 9.26. The van der Waals surface area contributed by atoms with E-state index < -0.39 is 5.97 Å². The maximum atomic E-state index is 11.5. The van der Waals surface area contributed by atoms with Crippen LogP contribution in [0.1, 0.15) is 16.1 Å². The van der Waals surface area contributed by atoms with Crippen molar-refractivity contribution in [1.29, 1.82) is 0 Å². The quantitative estimate of drug-likeness (QED) is 0.595. The Labute approximate surface area is 113 Å². The first kappa shape index (κ1) is 13.6. The number of carbonyl (C=O) groups is 1. The van der Waals surface area contributed by atoms with E-state index in [0.29, 0.717) is 35.3 Å². The summed E-state index contributed by atoms with van der Waals surface area (Å²) in [4.78, 5) is 11.5. The minimum atomic E-state index is -0.425. The van der Waals surface area contributed by atoms with Crippen molar-refractivity contribution >= 4 is 17.7 Å². The molecule has 0 fully saturated rings. The van der Waals surface area contributed by atoms with E-state index >= 15 is 0 Å². The predicted octanol–water partition coefficient (Wildman–Crippen LogP) is 0.304. The van der Waals surface area contributed by atoms with Gasteiger partial charge in [0.05, 0.1) is 25.7 Å². The zero-order valence-corrected chi connectivity index (χ0v) is 11.1. The Balaban J connectivity index is 2.04. The molecule has 19 heavy (non-hydrogen) atoms. The Morgan fingerprint density at radius 2 is 2.47 bits per heavy atom. The fraction of sp³-hybridized carbons (Fsp3) is 0.400. The molecule has 0 aromatic carbocycles. The molecule has 0 aliphatic rings. The van der Waals surface area contributed by atoms with E-state index in [1.807, 2.05) is 0 Å². The lowest BCUT2D eigenvalue weighted by atomic mass is 10.3. The zero-order chi connectivity index (χ0) is 13.7. The van der Waals surface area contributed by atoms with Crippen LogP contribution in [0.3, 0.4) is 0 Å². The van der Waals surface area contributed by atoms with Gasteiger partial charge in [0.2, 0.25) is 5.16 Å². The highest BCUT2D eigenvalue weighted by atomic mass is 32.2. The molecular formula is C10H13N5O3S. The van der Waals surface area contributed by atoms with E-state index in [1.54, 1.807) is 10.7 Å². The second-order valence-corrected chi connectivity index (χ2v) is 4.45. The number of hydrogen-bond acceptors (Lipinski definition) is 8. The summed E-state index contributed by atoms with van der Waals surface area (Å²) >= 11 is 1.36. The average molecular weight is 283 g/mol. The summed E-state index contributed by atoms with van der Waals surface area (Å²) in [6.45, 7) is 0.990. The lowest BCUT2D eigenvalue weighted by molar-refractivity contribution is 0.0598. The molecule has 0 saturated carbocycles. The van der Waals surface area contributed by atoms with Crippen LogP contribution in [0.4, 0.5) is 0 Å². The number of ether oxygens (including phenoxy) is 1. The van der Waals surface area contributed by atoms with Crippen LogP contribution in [0.5, 0.6) is 0 Å². The minimum Gasteiger partial charge on any atom is -0.468 e. The number of thioether (sulfide) groups is 1. The number of rotatable bonds is 6. The number of nitrogens with two attached hydrogens (primary N) is 1. The molecule has 102 valence electrons. The summed E-state index contributed by atoms with van der Waals surface area (Å²) in [7, 11) is 1.33. The fourth-order valence-corrected chi connectivity index (χ4v) is 2.29. The Hall–Kier alpha value is -1.87. The van der Waals surface area contributed by atoms with Crippen LogP contribution in [-0.2, 0) is 17.0 Å². The molecule has 0 saturated heterocycles. The van der Waals surface area contributed by atoms with Crippen molar-refractivity contribution < 1.29 is 13.9 Å². The van der Waals surface area contributed by atoms with Gasteiger partial charge in [0.25, 0.3) is 0 Å². The molecule has 0 spiro atoms. The molecule has 9 heteroatoms. The molecule has 2 aromatic rings. The lowest BCUT2D eigenvalue weighted by Crippen LogP contribution is -2.12. The molecule has 2 aromatic heterocycles. The predicted molar refractivity (Wildman–Crippen MR) is 66.5 cm³/mol. The lowest BCUT2D eigenvalue weighted by Gasteiger charge is -2.02. The number of tetrazole rings is 1. The number of aromatic nitrogens is 4. The van der Waals surface area contributed by atoms with Crippen LogP contribution in [0.25, 0.3) is 0 Å². The number of esters is 1. The van der Waals surface area contributed by atoms with E-state index in [9.17, 15) is 4.79 Å². The van der Waals surface area contributed by atoms with E-state index in [4.69, 9.17) is 10.2 Å². The highest BCUT2D eigenvalue weighted by Gasteiger charge is 2.16. The van der Waals surface area contributed by atoms with Crippen LogP contribution in [0.2, 0.25) is 0 Å². The summed E-state index contributed by atoms with van der Waals surface area (Å²) in [6.07, 6.45) is 1.45. The van der Waals surface area contributed by atoms with E-state index in [1.165, 1.54) is 25.1 Å². The van der Waals surface area contributed by atoms with Gasteiger partial charge in [-0.15, -0.1) is 5.10 Å². The molecule has 2 heterocycles. The Bertz CT molecular complexity index is 553. The normalized spacial score (nSPS) is 10.6. The van der Waals surface area contributed by atoms with Crippen molar-refractivity contribution in [2.75, 3.05) is 13.7 Å². The number of nitrogens with zero attached hydrogens (tertiary/aromatic N) is 4. The van der Waals surface area contributed by atoms with Crippen LogP contribution < -0.4 is 5.73 Å². The third-order valence-corrected chi connectivity index (χ3v) is 3.28. The zero-order valence-electron chi connectivity index (χ0n) is 10.3. The van der Waals surface area contributed by atoms with Crippen LogP contribution in [0.15, 0.2) is 21.9 Å². The van der Waals surface area contributed by atoms with Crippen LogP contribution in [0, 0.1) is 0 Å². The smallest absolute Gasteiger partial charge is 0.341 e. The fourth-order valence-electron chi connectivity index (χ4n) is 1.44. The summed E-state index contributed by atoms with van der Waals surface area (Å²) in [5, 5.41) is 11.9. The minimum absolute atomic E-state index is 0.410. The third kappa shape index (κ3) is 3.12. The molecule has 0 radical (unpaired) electrons. The second-order valence-electron chi connectivity index (χ2n) is 3.51. The number of carbonyl (C=O) groups excluding carboxylic acids is 1. The summed E-state index contributed by atoms with van der Waals surface area (Å²) in [6, 6.07) is 1.57. The second kappa shape index (κ2) is 6.34. The SMILES string of the molecule is COC(=O)c1ccoc1CSc1nnnn1CCN. The van der Waals surface area contributed by atoms with Crippen molar-refractivity contribution in [1.82, 2.24) is 20.2 Å². The van der Waals surface area contributed by atoms with Crippen molar-refractivity contribution in [3.05, 3.63) is 23.7 Å². The summed E-state index contributed by atoms with van der Waals surface area (Å²) in [5.41, 5.74) is 5.87. The van der Waals surface area contributed by atoms with Gasteiger partial charge in [-0.25, -0.2) is 9.48 Å². The summed E-state index contributed by atoms with van der Waals surface area (Å²) in [5.74, 6) is 0.535. The van der Waals surface area contributed by atoms with Gasteiger partial charge in [-0.05, 0) is 16.5 Å².